The van der Waals surface area contributed by atoms with Gasteiger partial charge in [0, 0.05) is 13.0 Å². The van der Waals surface area contributed by atoms with E-state index in [1.807, 2.05) is 6.07 Å². The summed E-state index contributed by atoms with van der Waals surface area (Å²) in [6.45, 7) is 0.405. The molecule has 0 saturated carbocycles. The van der Waals surface area contributed by atoms with Gasteiger partial charge in [-0.15, -0.1) is 0 Å². The Kier molecular flexibility index (Phi) is 5.42. The van der Waals surface area contributed by atoms with Crippen LogP contribution in [0.2, 0.25) is 0 Å². The molecule has 0 radical (unpaired) electrons. The molecule has 3 nitrogen and oxygen atoms in total. The van der Waals surface area contributed by atoms with Crippen LogP contribution in [0.15, 0.2) is 0 Å². The topological polar surface area (TPSA) is 73.6 Å². The molecule has 0 aromatic carbocycles. The number of nitrogens with two attached hydrogens (primary N) is 1. The number of nitrogens with zero attached hydrogens (tertiary/aromatic N) is 2. The van der Waals surface area contributed by atoms with E-state index in [1.165, 1.54) is 0 Å². The van der Waals surface area contributed by atoms with Crippen LogP contribution in [0.3, 0.4) is 0 Å². The fraction of sp³-hybridized carbons (Fsp3) is 0.714. The molecule has 0 spiro atoms. The van der Waals surface area contributed by atoms with Crippen molar-refractivity contribution in [2.24, 2.45) is 11.7 Å². The van der Waals surface area contributed by atoms with Gasteiger partial charge >= 0.3 is 0 Å². The van der Waals surface area contributed by atoms with E-state index >= 15 is 0 Å². The zero-order valence-electron chi connectivity index (χ0n) is 5.88. The minimum absolute atomic E-state index is 0.0617. The lowest BCUT2D eigenvalue weighted by atomic mass is 10.0. The Labute approximate surface area is 61.1 Å². The van der Waals surface area contributed by atoms with E-state index in [2.05, 4.69) is 6.07 Å². The van der Waals surface area contributed by atoms with Gasteiger partial charge in [-0.05, 0) is 12.8 Å². The van der Waals surface area contributed by atoms with Crippen LogP contribution in [0, 0.1) is 28.6 Å². The lowest BCUT2D eigenvalue weighted by Crippen LogP contribution is -2.11. The third-order valence-electron chi connectivity index (χ3n) is 1.31. The number of hydrogen-bond donors (Lipinski definition) is 1. The Morgan fingerprint density at radius 2 is 2.10 bits per heavy atom. The quantitative estimate of drug-likeness (QED) is 0.582. The predicted molar refractivity (Wildman–Crippen MR) is 37.6 cm³/mol. The first kappa shape index (κ1) is 8.94. The zero-order valence-corrected chi connectivity index (χ0v) is 5.88. The van der Waals surface area contributed by atoms with E-state index in [0.717, 1.165) is 12.8 Å². The van der Waals surface area contributed by atoms with Gasteiger partial charge in [-0.3, -0.25) is 0 Å². The molecule has 0 aromatic heterocycles. The third kappa shape index (κ3) is 3.88. The lowest BCUT2D eigenvalue weighted by molar-refractivity contribution is 0.587. The standard InChI is InChI=1S/C7H11N3/c8-4-2-1-3-7(5-9)6-10/h7H,1-3,5,9H2. The summed E-state index contributed by atoms with van der Waals surface area (Å²) in [6, 6.07) is 4.10. The molecule has 0 aliphatic rings. The largest absolute Gasteiger partial charge is 0.329 e. The molecule has 0 aliphatic heterocycles. The Hall–Kier alpha value is -1.06. The second-order valence-electron chi connectivity index (χ2n) is 2.11. The molecule has 0 aromatic rings. The smallest absolute Gasteiger partial charge is 0.0669 e. The van der Waals surface area contributed by atoms with Gasteiger partial charge in [0.1, 0.15) is 0 Å². The fourth-order valence-corrected chi connectivity index (χ4v) is 0.663. The van der Waals surface area contributed by atoms with Crippen LogP contribution in [0.1, 0.15) is 19.3 Å². The van der Waals surface area contributed by atoms with Gasteiger partial charge < -0.3 is 5.73 Å². The highest BCUT2D eigenvalue weighted by Crippen LogP contribution is 2.04. The molecule has 2 N–H and O–H groups in total. The average molecular weight is 137 g/mol. The van der Waals surface area contributed by atoms with E-state index in [0.29, 0.717) is 13.0 Å². The van der Waals surface area contributed by atoms with E-state index in [-0.39, 0.29) is 5.92 Å². The van der Waals surface area contributed by atoms with Crippen molar-refractivity contribution < 1.29 is 0 Å². The first-order chi connectivity index (χ1) is 4.85. The maximum absolute atomic E-state index is 8.41. The molecule has 0 fully saturated rings. The number of rotatable bonds is 4. The van der Waals surface area contributed by atoms with Gasteiger partial charge in [0.2, 0.25) is 0 Å². The molecule has 10 heavy (non-hydrogen) atoms. The van der Waals surface area contributed by atoms with E-state index in [1.54, 1.807) is 0 Å². The summed E-state index contributed by atoms with van der Waals surface area (Å²) in [5.74, 6) is -0.0617. The molecule has 0 amide bonds. The second-order valence-corrected chi connectivity index (χ2v) is 2.11. The molecule has 0 heterocycles. The van der Waals surface area contributed by atoms with Gasteiger partial charge in [-0.25, -0.2) is 0 Å². The Morgan fingerprint density at radius 3 is 2.50 bits per heavy atom. The predicted octanol–water partition coefficient (Wildman–Crippen LogP) is 0.779. The van der Waals surface area contributed by atoms with Crippen LogP contribution < -0.4 is 5.73 Å². The molecular weight excluding hydrogens is 126 g/mol. The molecule has 1 unspecified atom stereocenters. The van der Waals surface area contributed by atoms with Crippen LogP contribution in [0.5, 0.6) is 0 Å². The van der Waals surface area contributed by atoms with Crippen molar-refractivity contribution in [1.82, 2.24) is 0 Å². The monoisotopic (exact) mass is 137 g/mol. The summed E-state index contributed by atoms with van der Waals surface area (Å²) in [7, 11) is 0. The molecule has 0 saturated heterocycles. The minimum atomic E-state index is -0.0617. The van der Waals surface area contributed by atoms with Crippen molar-refractivity contribution in [1.29, 1.82) is 10.5 Å². The van der Waals surface area contributed by atoms with Crippen molar-refractivity contribution in [2.75, 3.05) is 6.54 Å². The highest BCUT2D eigenvalue weighted by molar-refractivity contribution is 4.84. The summed E-state index contributed by atoms with van der Waals surface area (Å²) < 4.78 is 0. The number of hydrogen-bond acceptors (Lipinski definition) is 3. The Bertz CT molecular complexity index is 151. The van der Waals surface area contributed by atoms with Crippen molar-refractivity contribution in [3.63, 3.8) is 0 Å². The maximum atomic E-state index is 8.41. The normalized spacial score (nSPS) is 11.5. The minimum Gasteiger partial charge on any atom is -0.329 e. The van der Waals surface area contributed by atoms with Crippen LogP contribution in [0.4, 0.5) is 0 Å². The summed E-state index contributed by atoms with van der Waals surface area (Å²) in [6.07, 6.45) is 2.06. The molecular formula is C7H11N3. The van der Waals surface area contributed by atoms with Gasteiger partial charge in [0.15, 0.2) is 0 Å². The highest BCUT2D eigenvalue weighted by Gasteiger charge is 2.02. The summed E-state index contributed by atoms with van der Waals surface area (Å²) in [4.78, 5) is 0. The van der Waals surface area contributed by atoms with Crippen LogP contribution in [-0.2, 0) is 0 Å². The van der Waals surface area contributed by atoms with Crippen LogP contribution >= 0.6 is 0 Å². The van der Waals surface area contributed by atoms with Gasteiger partial charge in [0.05, 0.1) is 18.1 Å². The Balaban J connectivity index is 3.30. The zero-order chi connectivity index (χ0) is 7.82. The van der Waals surface area contributed by atoms with Crippen molar-refractivity contribution >= 4 is 0 Å². The average Bonchev–Trinajstić information content (AvgIpc) is 1.99. The number of nitriles is 2. The molecule has 1 atom stereocenters. The molecule has 0 rings (SSSR count). The van der Waals surface area contributed by atoms with Crippen LogP contribution in [-0.4, -0.2) is 6.54 Å². The SMILES string of the molecule is N#CCCCC(C#N)CN. The second kappa shape index (κ2) is 6.07. The molecule has 3 heteroatoms. The fourth-order valence-electron chi connectivity index (χ4n) is 0.663. The van der Waals surface area contributed by atoms with Crippen molar-refractivity contribution in [3.05, 3.63) is 0 Å². The van der Waals surface area contributed by atoms with Gasteiger partial charge in [-0.2, -0.15) is 10.5 Å². The van der Waals surface area contributed by atoms with Gasteiger partial charge in [0.25, 0.3) is 0 Å². The van der Waals surface area contributed by atoms with E-state index in [4.69, 9.17) is 16.3 Å². The summed E-state index contributed by atoms with van der Waals surface area (Å²) >= 11 is 0. The highest BCUT2D eigenvalue weighted by atomic mass is 14.5. The molecule has 0 aliphatic carbocycles. The first-order valence-electron chi connectivity index (χ1n) is 3.31. The molecule has 0 bridgehead atoms. The van der Waals surface area contributed by atoms with E-state index in [9.17, 15) is 0 Å². The summed E-state index contributed by atoms with van der Waals surface area (Å²) in [5, 5.41) is 16.6. The number of unbranched alkanes of at least 4 members (excludes halogenated alkanes) is 1. The Morgan fingerprint density at radius 1 is 1.40 bits per heavy atom. The van der Waals surface area contributed by atoms with Gasteiger partial charge in [-0.1, -0.05) is 0 Å². The maximum Gasteiger partial charge on any atom is 0.0669 e. The summed E-state index contributed by atoms with van der Waals surface area (Å²) in [5.41, 5.74) is 5.26. The van der Waals surface area contributed by atoms with E-state index < -0.39 is 0 Å². The lowest BCUT2D eigenvalue weighted by Gasteiger charge is -2.01. The van der Waals surface area contributed by atoms with Crippen LogP contribution in [0.25, 0.3) is 0 Å². The first-order valence-corrected chi connectivity index (χ1v) is 3.31. The van der Waals surface area contributed by atoms with Crippen molar-refractivity contribution in [3.8, 4) is 12.1 Å². The molecule has 54 valence electrons. The van der Waals surface area contributed by atoms with Crippen molar-refractivity contribution in [2.45, 2.75) is 19.3 Å². The third-order valence-corrected chi connectivity index (χ3v) is 1.31.